The first-order chi connectivity index (χ1) is 11.0. The van der Waals surface area contributed by atoms with Crippen LogP contribution in [0.2, 0.25) is 0 Å². The van der Waals surface area contributed by atoms with Gasteiger partial charge in [-0.2, -0.15) is 20.5 Å². The van der Waals surface area contributed by atoms with Crippen LogP contribution >= 0.6 is 11.8 Å². The van der Waals surface area contributed by atoms with Crippen molar-refractivity contribution in [2.45, 2.75) is 19.1 Å². The Labute approximate surface area is 136 Å². The van der Waals surface area contributed by atoms with Gasteiger partial charge in [0.1, 0.15) is 5.75 Å². The third-order valence-corrected chi connectivity index (χ3v) is 4.54. The van der Waals surface area contributed by atoms with Crippen molar-refractivity contribution >= 4 is 23.6 Å². The highest BCUT2D eigenvalue weighted by atomic mass is 32.2. The van der Waals surface area contributed by atoms with Crippen LogP contribution in [-0.2, 0) is 9.53 Å². The number of carbonyl (C=O) groups is 2. The van der Waals surface area contributed by atoms with E-state index in [4.69, 9.17) is 0 Å². The molecule has 8 heteroatoms. The molecule has 0 saturated carbocycles. The van der Waals surface area contributed by atoms with E-state index in [2.05, 4.69) is 9.47 Å². The van der Waals surface area contributed by atoms with Gasteiger partial charge in [0.25, 0.3) is 5.91 Å². The number of halogens is 2. The smallest absolute Gasteiger partial charge is 0.387 e. The molecule has 1 fully saturated rings. The fraction of sp³-hybridized carbons (Fsp3) is 0.467. The van der Waals surface area contributed by atoms with Crippen molar-refractivity contribution in [2.24, 2.45) is 0 Å². The molecular formula is C15H17F2NO4S. The molecule has 2 rings (SSSR count). The number of alkyl halides is 2. The molecule has 126 valence electrons. The molecule has 1 amide bonds. The second-order valence-electron chi connectivity index (χ2n) is 4.88. The molecule has 1 aromatic carbocycles. The molecular weight excluding hydrogens is 328 g/mol. The van der Waals surface area contributed by atoms with E-state index in [9.17, 15) is 18.4 Å². The van der Waals surface area contributed by atoms with Crippen molar-refractivity contribution in [1.29, 1.82) is 0 Å². The second-order valence-corrected chi connectivity index (χ2v) is 6.03. The zero-order valence-corrected chi connectivity index (χ0v) is 13.4. The van der Waals surface area contributed by atoms with E-state index in [0.29, 0.717) is 12.3 Å². The first kappa shape index (κ1) is 17.5. The maximum Gasteiger partial charge on any atom is 0.387 e. The van der Waals surface area contributed by atoms with Gasteiger partial charge in [-0.15, -0.1) is 0 Å². The summed E-state index contributed by atoms with van der Waals surface area (Å²) in [5, 5.41) is 0. The molecule has 1 aliphatic rings. The molecule has 1 atom stereocenters. The molecule has 0 aromatic heterocycles. The Morgan fingerprint density at radius 2 is 2.13 bits per heavy atom. The minimum atomic E-state index is -3.01. The summed E-state index contributed by atoms with van der Waals surface area (Å²) in [4.78, 5) is 25.8. The van der Waals surface area contributed by atoms with Gasteiger partial charge in [0.15, 0.2) is 0 Å². The lowest BCUT2D eigenvalue weighted by Crippen LogP contribution is -2.47. The molecule has 23 heavy (non-hydrogen) atoms. The molecule has 1 aromatic rings. The summed E-state index contributed by atoms with van der Waals surface area (Å²) in [6, 6.07) is 5.55. The van der Waals surface area contributed by atoms with E-state index >= 15 is 0 Å². The summed E-state index contributed by atoms with van der Waals surface area (Å²) in [6.07, 6.45) is 0.0765. The molecule has 1 saturated heterocycles. The monoisotopic (exact) mass is 345 g/mol. The summed E-state index contributed by atoms with van der Waals surface area (Å²) >= 11 is 1.63. The lowest BCUT2D eigenvalue weighted by molar-refractivity contribution is -0.141. The summed E-state index contributed by atoms with van der Waals surface area (Å²) in [7, 11) is 1.29. The van der Waals surface area contributed by atoms with Crippen LogP contribution in [-0.4, -0.2) is 54.6 Å². The van der Waals surface area contributed by atoms with Crippen LogP contribution in [0.5, 0.6) is 5.75 Å². The van der Waals surface area contributed by atoms with Crippen molar-refractivity contribution in [3.63, 3.8) is 0 Å². The minimum Gasteiger partial charge on any atom is -0.469 e. The van der Waals surface area contributed by atoms with Gasteiger partial charge in [-0.1, -0.05) is 12.1 Å². The van der Waals surface area contributed by atoms with Crippen LogP contribution in [0.3, 0.4) is 0 Å². The third-order valence-electron chi connectivity index (χ3n) is 3.45. The Morgan fingerprint density at radius 3 is 2.83 bits per heavy atom. The average molecular weight is 345 g/mol. The van der Waals surface area contributed by atoms with Crippen molar-refractivity contribution in [3.05, 3.63) is 29.8 Å². The molecule has 1 aliphatic heterocycles. The van der Waals surface area contributed by atoms with Crippen molar-refractivity contribution in [1.82, 2.24) is 4.90 Å². The zero-order chi connectivity index (χ0) is 16.8. The number of benzene rings is 1. The predicted molar refractivity (Wildman–Crippen MR) is 81.9 cm³/mol. The number of hydrogen-bond donors (Lipinski definition) is 0. The summed E-state index contributed by atoms with van der Waals surface area (Å²) in [5.41, 5.74) is 0.0644. The predicted octanol–water partition coefficient (Wildman–Crippen LogP) is 2.41. The van der Waals surface area contributed by atoms with Crippen molar-refractivity contribution in [3.8, 4) is 5.75 Å². The first-order valence-corrected chi connectivity index (χ1v) is 8.17. The Kier molecular flexibility index (Phi) is 6.20. The van der Waals surface area contributed by atoms with E-state index in [1.807, 2.05) is 0 Å². The SMILES string of the molecule is COC(=O)CC1CSCCN1C(=O)c1ccccc1OC(F)F. The number of para-hydroxylation sites is 1. The Balaban J connectivity index is 2.21. The second kappa shape index (κ2) is 8.14. The number of esters is 1. The highest BCUT2D eigenvalue weighted by Crippen LogP contribution is 2.26. The van der Waals surface area contributed by atoms with Gasteiger partial charge in [-0.05, 0) is 12.1 Å². The molecule has 0 N–H and O–H groups in total. The van der Waals surface area contributed by atoms with Crippen molar-refractivity contribution in [2.75, 3.05) is 25.2 Å². The number of amides is 1. The zero-order valence-electron chi connectivity index (χ0n) is 12.5. The molecule has 1 unspecified atom stereocenters. The van der Waals surface area contributed by atoms with Crippen molar-refractivity contribution < 1.29 is 27.8 Å². The summed E-state index contributed by atoms with van der Waals surface area (Å²) in [6.45, 7) is -2.57. The number of thioether (sulfide) groups is 1. The van der Waals surface area contributed by atoms with Crippen LogP contribution in [0.15, 0.2) is 24.3 Å². The Bertz CT molecular complexity index is 570. The van der Waals surface area contributed by atoms with Gasteiger partial charge in [0.2, 0.25) is 0 Å². The summed E-state index contributed by atoms with van der Waals surface area (Å²) in [5.74, 6) is 0.324. The Hall–Kier alpha value is -1.83. The van der Waals surface area contributed by atoms with Crippen LogP contribution in [0.4, 0.5) is 8.78 Å². The number of methoxy groups -OCH3 is 1. The van der Waals surface area contributed by atoms with E-state index in [1.165, 1.54) is 30.2 Å². The van der Waals surface area contributed by atoms with E-state index < -0.39 is 18.5 Å². The maximum absolute atomic E-state index is 12.7. The maximum atomic E-state index is 12.7. The molecule has 0 aliphatic carbocycles. The van der Waals surface area contributed by atoms with Gasteiger partial charge < -0.3 is 14.4 Å². The molecule has 1 heterocycles. The van der Waals surface area contributed by atoms with Gasteiger partial charge in [0, 0.05) is 18.1 Å². The van der Waals surface area contributed by atoms with E-state index in [-0.39, 0.29) is 23.8 Å². The van der Waals surface area contributed by atoms with Gasteiger partial charge in [-0.25, -0.2) is 0 Å². The van der Waals surface area contributed by atoms with Gasteiger partial charge >= 0.3 is 12.6 Å². The molecule has 0 radical (unpaired) electrons. The number of nitrogens with zero attached hydrogens (tertiary/aromatic N) is 1. The van der Waals surface area contributed by atoms with Gasteiger partial charge in [0.05, 0.1) is 25.1 Å². The first-order valence-electron chi connectivity index (χ1n) is 7.02. The largest absolute Gasteiger partial charge is 0.469 e. The molecule has 0 bridgehead atoms. The standard InChI is InChI=1S/C15H17F2NO4S/c1-21-13(19)8-10-9-23-7-6-18(10)14(20)11-4-2-3-5-12(11)22-15(16)17/h2-5,10,15H,6-9H2,1H3. The lowest BCUT2D eigenvalue weighted by Gasteiger charge is -2.35. The summed E-state index contributed by atoms with van der Waals surface area (Å²) < 4.78 is 34.0. The van der Waals surface area contributed by atoms with E-state index in [1.54, 1.807) is 17.8 Å². The minimum absolute atomic E-state index is 0.0644. The van der Waals surface area contributed by atoms with Crippen LogP contribution < -0.4 is 4.74 Å². The van der Waals surface area contributed by atoms with Crippen LogP contribution in [0.1, 0.15) is 16.8 Å². The lowest BCUT2D eigenvalue weighted by atomic mass is 10.1. The molecule has 5 nitrogen and oxygen atoms in total. The van der Waals surface area contributed by atoms with Crippen LogP contribution in [0, 0.1) is 0 Å². The highest BCUT2D eigenvalue weighted by molar-refractivity contribution is 7.99. The van der Waals surface area contributed by atoms with Crippen LogP contribution in [0.25, 0.3) is 0 Å². The number of hydrogen-bond acceptors (Lipinski definition) is 5. The fourth-order valence-electron chi connectivity index (χ4n) is 2.36. The Morgan fingerprint density at radius 1 is 1.39 bits per heavy atom. The number of carbonyl (C=O) groups excluding carboxylic acids is 2. The highest BCUT2D eigenvalue weighted by Gasteiger charge is 2.31. The van der Waals surface area contributed by atoms with E-state index in [0.717, 1.165) is 5.75 Å². The average Bonchev–Trinajstić information content (AvgIpc) is 2.54. The quantitative estimate of drug-likeness (QED) is 0.767. The number of ether oxygens (including phenoxy) is 2. The molecule has 0 spiro atoms. The normalized spacial score (nSPS) is 17.9. The number of rotatable bonds is 5. The fourth-order valence-corrected chi connectivity index (χ4v) is 3.43. The van der Waals surface area contributed by atoms with Gasteiger partial charge in [-0.3, -0.25) is 9.59 Å². The topological polar surface area (TPSA) is 55.8 Å². The third kappa shape index (κ3) is 4.57.